The van der Waals surface area contributed by atoms with Crippen molar-refractivity contribution < 1.29 is 13.9 Å². The molecule has 0 fully saturated rings. The van der Waals surface area contributed by atoms with E-state index in [2.05, 4.69) is 22.0 Å². The number of benzene rings is 2. The number of hydrogen-bond acceptors (Lipinski definition) is 5. The summed E-state index contributed by atoms with van der Waals surface area (Å²) in [6.45, 7) is 1.95. The molecule has 0 saturated carbocycles. The second-order valence-corrected chi connectivity index (χ2v) is 7.90. The third kappa shape index (κ3) is 2.88. The molecule has 2 atom stereocenters. The van der Waals surface area contributed by atoms with Gasteiger partial charge in [0.25, 0.3) is 0 Å². The minimum atomic E-state index is -0.307. The van der Waals surface area contributed by atoms with Crippen LogP contribution in [0.3, 0.4) is 0 Å². The predicted octanol–water partition coefficient (Wildman–Crippen LogP) is 5.60. The summed E-state index contributed by atoms with van der Waals surface area (Å²) in [5, 5.41) is 6.95. The van der Waals surface area contributed by atoms with Crippen molar-refractivity contribution in [2.45, 2.75) is 25.6 Å². The minimum absolute atomic E-state index is 0.0914. The second kappa shape index (κ2) is 6.71. The Bertz CT molecular complexity index is 1060. The standard InChI is InChI=1S/C22H19BrN2O3/c1-13-3-9-21(27-13)18-12-19-17-11-15(23)6-10-20(17)28-22(25(19)24-18)14-4-7-16(26-2)8-5-14/h3-11,19,22H,12H2,1-2H3/t19-,22-/m0/s1. The summed E-state index contributed by atoms with van der Waals surface area (Å²) in [6.07, 6.45) is 0.463. The molecule has 2 aromatic carbocycles. The molecular formula is C22H19BrN2O3. The van der Waals surface area contributed by atoms with Gasteiger partial charge in [0, 0.05) is 22.0 Å². The average molecular weight is 439 g/mol. The summed E-state index contributed by atoms with van der Waals surface area (Å²) in [6, 6.07) is 18.1. The van der Waals surface area contributed by atoms with E-state index in [1.165, 1.54) is 0 Å². The zero-order chi connectivity index (χ0) is 19.3. The number of halogens is 1. The molecule has 28 heavy (non-hydrogen) atoms. The molecule has 2 aliphatic rings. The first-order valence-electron chi connectivity index (χ1n) is 9.15. The van der Waals surface area contributed by atoms with Crippen LogP contribution in [0.1, 0.15) is 41.3 Å². The second-order valence-electron chi connectivity index (χ2n) is 6.98. The summed E-state index contributed by atoms with van der Waals surface area (Å²) in [5.41, 5.74) is 3.09. The van der Waals surface area contributed by atoms with E-state index in [0.29, 0.717) is 0 Å². The molecule has 0 saturated heterocycles. The smallest absolute Gasteiger partial charge is 0.213 e. The third-order valence-electron chi connectivity index (χ3n) is 5.18. The van der Waals surface area contributed by atoms with Gasteiger partial charge in [-0.25, -0.2) is 5.01 Å². The highest BCUT2D eigenvalue weighted by atomic mass is 79.9. The predicted molar refractivity (Wildman–Crippen MR) is 110 cm³/mol. The van der Waals surface area contributed by atoms with Crippen molar-refractivity contribution in [1.29, 1.82) is 0 Å². The van der Waals surface area contributed by atoms with Gasteiger partial charge in [0.05, 0.1) is 13.2 Å². The molecule has 2 aliphatic heterocycles. The normalized spacial score (nSPS) is 20.2. The van der Waals surface area contributed by atoms with Gasteiger partial charge in [-0.3, -0.25) is 0 Å². The molecule has 1 aromatic heterocycles. The maximum atomic E-state index is 6.38. The highest BCUT2D eigenvalue weighted by Gasteiger charge is 2.41. The van der Waals surface area contributed by atoms with Crippen molar-refractivity contribution in [2.24, 2.45) is 5.10 Å². The molecule has 6 heteroatoms. The number of furan rings is 1. The summed E-state index contributed by atoms with van der Waals surface area (Å²) in [7, 11) is 1.67. The Labute approximate surface area is 171 Å². The van der Waals surface area contributed by atoms with Crippen molar-refractivity contribution in [3.8, 4) is 11.5 Å². The Morgan fingerprint density at radius 3 is 2.64 bits per heavy atom. The Balaban J connectivity index is 1.58. The van der Waals surface area contributed by atoms with E-state index in [1.807, 2.05) is 60.5 Å². The number of hydrazone groups is 1. The van der Waals surface area contributed by atoms with Crippen LogP contribution in [-0.2, 0) is 0 Å². The zero-order valence-electron chi connectivity index (χ0n) is 15.6. The number of rotatable bonds is 3. The quantitative estimate of drug-likeness (QED) is 0.533. The van der Waals surface area contributed by atoms with Crippen LogP contribution in [0.2, 0.25) is 0 Å². The maximum absolute atomic E-state index is 6.38. The van der Waals surface area contributed by atoms with Gasteiger partial charge in [-0.1, -0.05) is 15.9 Å². The summed E-state index contributed by atoms with van der Waals surface area (Å²) >= 11 is 3.58. The number of methoxy groups -OCH3 is 1. The van der Waals surface area contributed by atoms with E-state index in [0.717, 1.165) is 50.8 Å². The van der Waals surface area contributed by atoms with Crippen LogP contribution < -0.4 is 9.47 Å². The molecule has 3 aromatic rings. The van der Waals surface area contributed by atoms with E-state index in [1.54, 1.807) is 7.11 Å². The molecular weight excluding hydrogens is 420 g/mol. The van der Waals surface area contributed by atoms with Crippen LogP contribution in [0.25, 0.3) is 0 Å². The fraction of sp³-hybridized carbons (Fsp3) is 0.227. The van der Waals surface area contributed by atoms with Crippen LogP contribution in [-0.4, -0.2) is 17.8 Å². The van der Waals surface area contributed by atoms with Gasteiger partial charge < -0.3 is 13.9 Å². The van der Waals surface area contributed by atoms with Gasteiger partial charge in [0.15, 0.2) is 0 Å². The van der Waals surface area contributed by atoms with Crippen molar-refractivity contribution in [1.82, 2.24) is 5.01 Å². The number of ether oxygens (including phenoxy) is 2. The van der Waals surface area contributed by atoms with Crippen LogP contribution in [0.15, 0.2) is 68.6 Å². The highest BCUT2D eigenvalue weighted by Crippen LogP contribution is 2.48. The summed E-state index contributed by atoms with van der Waals surface area (Å²) < 4.78 is 18.5. The van der Waals surface area contributed by atoms with Gasteiger partial charge >= 0.3 is 0 Å². The van der Waals surface area contributed by atoms with Crippen molar-refractivity contribution >= 4 is 21.6 Å². The molecule has 0 spiro atoms. The average Bonchev–Trinajstić information content (AvgIpc) is 3.34. The minimum Gasteiger partial charge on any atom is -0.497 e. The van der Waals surface area contributed by atoms with Crippen LogP contribution >= 0.6 is 15.9 Å². The van der Waals surface area contributed by atoms with Gasteiger partial charge in [-0.05, 0) is 61.5 Å². The first-order valence-corrected chi connectivity index (χ1v) is 9.94. The molecule has 0 unspecified atom stereocenters. The van der Waals surface area contributed by atoms with Gasteiger partial charge in [0.1, 0.15) is 28.7 Å². The molecule has 142 valence electrons. The van der Waals surface area contributed by atoms with E-state index in [-0.39, 0.29) is 12.3 Å². The highest BCUT2D eigenvalue weighted by molar-refractivity contribution is 9.10. The third-order valence-corrected chi connectivity index (χ3v) is 5.67. The van der Waals surface area contributed by atoms with Gasteiger partial charge in [-0.15, -0.1) is 0 Å². The van der Waals surface area contributed by atoms with E-state index < -0.39 is 0 Å². The Morgan fingerprint density at radius 1 is 1.11 bits per heavy atom. The first-order chi connectivity index (χ1) is 13.6. The SMILES string of the molecule is COc1ccc([C@@H]2Oc3ccc(Br)cc3[C@@H]3CC(c4ccc(C)o4)=NN32)cc1. The van der Waals surface area contributed by atoms with E-state index >= 15 is 0 Å². The lowest BCUT2D eigenvalue weighted by molar-refractivity contribution is -0.0191. The fourth-order valence-electron chi connectivity index (χ4n) is 3.79. The molecule has 3 heterocycles. The fourth-order valence-corrected chi connectivity index (χ4v) is 4.16. The lowest BCUT2D eigenvalue weighted by Gasteiger charge is -2.38. The molecule has 0 aliphatic carbocycles. The van der Waals surface area contributed by atoms with Crippen molar-refractivity contribution in [2.75, 3.05) is 7.11 Å². The van der Waals surface area contributed by atoms with E-state index in [4.69, 9.17) is 19.0 Å². The van der Waals surface area contributed by atoms with Crippen molar-refractivity contribution in [3.63, 3.8) is 0 Å². The Kier molecular flexibility index (Phi) is 4.16. The lowest BCUT2D eigenvalue weighted by Crippen LogP contribution is -2.33. The number of nitrogens with zero attached hydrogens (tertiary/aromatic N) is 2. The molecule has 0 bridgehead atoms. The topological polar surface area (TPSA) is 47.2 Å². The molecule has 0 N–H and O–H groups in total. The van der Waals surface area contributed by atoms with Crippen molar-refractivity contribution in [3.05, 3.63) is 81.7 Å². The number of aryl methyl sites for hydroxylation is 1. The monoisotopic (exact) mass is 438 g/mol. The molecule has 0 radical (unpaired) electrons. The van der Waals surface area contributed by atoms with Crippen LogP contribution in [0.5, 0.6) is 11.5 Å². The first kappa shape index (κ1) is 17.4. The molecule has 0 amide bonds. The number of hydrogen-bond donors (Lipinski definition) is 0. The molecule has 5 nitrogen and oxygen atoms in total. The summed E-state index contributed by atoms with van der Waals surface area (Å²) in [4.78, 5) is 0. The van der Waals surface area contributed by atoms with Gasteiger partial charge in [0.2, 0.25) is 6.23 Å². The van der Waals surface area contributed by atoms with Gasteiger partial charge in [-0.2, -0.15) is 5.10 Å². The maximum Gasteiger partial charge on any atom is 0.213 e. The zero-order valence-corrected chi connectivity index (χ0v) is 17.1. The number of fused-ring (bicyclic) bond motifs is 3. The largest absolute Gasteiger partial charge is 0.497 e. The lowest BCUT2D eigenvalue weighted by atomic mass is 9.97. The Morgan fingerprint density at radius 2 is 1.93 bits per heavy atom. The van der Waals surface area contributed by atoms with E-state index in [9.17, 15) is 0 Å². The van der Waals surface area contributed by atoms with Crippen LogP contribution in [0.4, 0.5) is 0 Å². The summed E-state index contributed by atoms with van der Waals surface area (Å²) in [5.74, 6) is 3.40. The van der Waals surface area contributed by atoms with Crippen LogP contribution in [0, 0.1) is 6.92 Å². The molecule has 5 rings (SSSR count). The Hall–Kier alpha value is -2.73.